The summed E-state index contributed by atoms with van der Waals surface area (Å²) in [6.45, 7) is 2.11. The molecule has 1 atom stereocenters. The van der Waals surface area contributed by atoms with Gasteiger partial charge in [0, 0.05) is 6.42 Å². The summed E-state index contributed by atoms with van der Waals surface area (Å²) >= 11 is 0. The van der Waals surface area contributed by atoms with E-state index in [-0.39, 0.29) is 18.8 Å². The second-order valence-corrected chi connectivity index (χ2v) is 5.49. The molecule has 25 heavy (non-hydrogen) atoms. The predicted octanol–water partition coefficient (Wildman–Crippen LogP) is 3.16. The third-order valence-corrected chi connectivity index (χ3v) is 3.44. The van der Waals surface area contributed by atoms with Crippen molar-refractivity contribution in [2.45, 2.75) is 45.3 Å². The first kappa shape index (κ1) is 20.4. The van der Waals surface area contributed by atoms with E-state index in [0.717, 1.165) is 18.4 Å². The minimum absolute atomic E-state index is 0.00267. The largest absolute Gasteiger partial charge is 0.467 e. The molecule has 0 bridgehead atoms. The summed E-state index contributed by atoms with van der Waals surface area (Å²) in [4.78, 5) is 35.2. The Morgan fingerprint density at radius 2 is 1.92 bits per heavy atom. The van der Waals surface area contributed by atoms with Crippen LogP contribution in [0.5, 0.6) is 0 Å². The Morgan fingerprint density at radius 3 is 2.56 bits per heavy atom. The highest BCUT2D eigenvalue weighted by atomic mass is 16.6. The Kier molecular flexibility index (Phi) is 9.67. The van der Waals surface area contributed by atoms with Gasteiger partial charge in [-0.15, -0.1) is 0 Å². The fraction of sp³-hybridized carbons (Fsp3) is 0.421. The van der Waals surface area contributed by atoms with Crippen LogP contribution in [-0.2, 0) is 25.7 Å². The van der Waals surface area contributed by atoms with Crippen LogP contribution in [0.15, 0.2) is 42.5 Å². The van der Waals surface area contributed by atoms with Crippen molar-refractivity contribution in [2.24, 2.45) is 0 Å². The van der Waals surface area contributed by atoms with Gasteiger partial charge >= 0.3 is 12.1 Å². The van der Waals surface area contributed by atoms with Crippen molar-refractivity contribution < 1.29 is 23.9 Å². The zero-order valence-electron chi connectivity index (χ0n) is 14.7. The van der Waals surface area contributed by atoms with Gasteiger partial charge in [-0.3, -0.25) is 4.79 Å². The minimum Gasteiger partial charge on any atom is -0.467 e. The minimum atomic E-state index is -0.900. The number of hydrogen-bond donors (Lipinski definition) is 1. The second kappa shape index (κ2) is 11.8. The van der Waals surface area contributed by atoms with E-state index in [1.54, 1.807) is 6.08 Å². The number of nitrogens with one attached hydrogen (secondary N) is 1. The van der Waals surface area contributed by atoms with Crippen LogP contribution in [-0.4, -0.2) is 31.0 Å². The summed E-state index contributed by atoms with van der Waals surface area (Å²) in [6.07, 6.45) is 4.69. The highest BCUT2D eigenvalue weighted by Crippen LogP contribution is 2.03. The first-order chi connectivity index (χ1) is 12.1. The fourth-order valence-electron chi connectivity index (χ4n) is 2.03. The van der Waals surface area contributed by atoms with Crippen LogP contribution < -0.4 is 5.32 Å². The summed E-state index contributed by atoms with van der Waals surface area (Å²) in [5.41, 5.74) is 0.841. The number of alkyl carbamates (subject to hydrolysis) is 1. The highest BCUT2D eigenvalue weighted by Gasteiger charge is 2.21. The maximum Gasteiger partial charge on any atom is 0.408 e. The SMILES string of the molecule is CCCCC(=O)/C=C/CC(NC(=O)OCc1ccccc1)C(=O)OC. The first-order valence-electron chi connectivity index (χ1n) is 8.31. The zero-order chi connectivity index (χ0) is 18.5. The number of ether oxygens (including phenoxy) is 2. The van der Waals surface area contributed by atoms with Gasteiger partial charge in [0.05, 0.1) is 7.11 Å². The van der Waals surface area contributed by atoms with Gasteiger partial charge in [-0.2, -0.15) is 0 Å². The molecule has 1 rings (SSSR count). The summed E-state index contributed by atoms with van der Waals surface area (Å²) in [6, 6.07) is 8.31. The van der Waals surface area contributed by atoms with Gasteiger partial charge in [0.15, 0.2) is 5.78 Å². The third-order valence-electron chi connectivity index (χ3n) is 3.44. The monoisotopic (exact) mass is 347 g/mol. The smallest absolute Gasteiger partial charge is 0.408 e. The fourth-order valence-corrected chi connectivity index (χ4v) is 2.03. The molecule has 1 aromatic carbocycles. The Morgan fingerprint density at radius 1 is 1.20 bits per heavy atom. The summed E-state index contributed by atoms with van der Waals surface area (Å²) in [7, 11) is 1.24. The van der Waals surface area contributed by atoms with Gasteiger partial charge in [0.2, 0.25) is 0 Å². The van der Waals surface area contributed by atoms with Crippen LogP contribution in [0.2, 0.25) is 0 Å². The molecule has 0 heterocycles. The summed E-state index contributed by atoms with van der Waals surface area (Å²) < 4.78 is 9.76. The number of hydrogen-bond acceptors (Lipinski definition) is 5. The lowest BCUT2D eigenvalue weighted by Crippen LogP contribution is -2.41. The van der Waals surface area contributed by atoms with E-state index in [0.29, 0.717) is 6.42 Å². The Hall–Kier alpha value is -2.63. The summed E-state index contributed by atoms with van der Waals surface area (Å²) in [5.74, 6) is -0.598. The van der Waals surface area contributed by atoms with E-state index < -0.39 is 18.1 Å². The van der Waals surface area contributed by atoms with Crippen LogP contribution in [0, 0.1) is 0 Å². The zero-order valence-corrected chi connectivity index (χ0v) is 14.7. The van der Waals surface area contributed by atoms with E-state index in [4.69, 9.17) is 4.74 Å². The van der Waals surface area contributed by atoms with Crippen LogP contribution in [0.4, 0.5) is 4.79 Å². The molecule has 6 heteroatoms. The number of rotatable bonds is 10. The molecule has 0 spiro atoms. The lowest BCUT2D eigenvalue weighted by atomic mass is 10.1. The van der Waals surface area contributed by atoms with E-state index in [2.05, 4.69) is 10.1 Å². The molecule has 1 amide bonds. The first-order valence-corrected chi connectivity index (χ1v) is 8.31. The molecule has 0 aromatic heterocycles. The van der Waals surface area contributed by atoms with Crippen molar-refractivity contribution in [2.75, 3.05) is 7.11 Å². The molecule has 136 valence electrons. The topological polar surface area (TPSA) is 81.7 Å². The normalized spacial score (nSPS) is 11.8. The average molecular weight is 347 g/mol. The molecule has 0 radical (unpaired) electrons. The quantitative estimate of drug-likeness (QED) is 0.519. The van der Waals surface area contributed by atoms with Crippen molar-refractivity contribution in [3.8, 4) is 0 Å². The molecule has 1 aromatic rings. The van der Waals surface area contributed by atoms with E-state index in [1.807, 2.05) is 37.3 Å². The number of allylic oxidation sites excluding steroid dienone is 1. The molecule has 0 saturated carbocycles. The number of methoxy groups -OCH3 is 1. The number of carbonyl (C=O) groups excluding carboxylic acids is 3. The van der Waals surface area contributed by atoms with Gasteiger partial charge in [-0.25, -0.2) is 9.59 Å². The molecule has 0 aliphatic rings. The molecular formula is C19H25NO5. The van der Waals surface area contributed by atoms with E-state index >= 15 is 0 Å². The Labute approximate surface area is 148 Å². The second-order valence-electron chi connectivity index (χ2n) is 5.49. The Bertz CT molecular complexity index is 583. The summed E-state index contributed by atoms with van der Waals surface area (Å²) in [5, 5.41) is 2.46. The number of amides is 1. The third kappa shape index (κ3) is 8.69. The molecule has 1 unspecified atom stereocenters. The molecule has 0 fully saturated rings. The van der Waals surface area contributed by atoms with Crippen molar-refractivity contribution >= 4 is 17.8 Å². The highest BCUT2D eigenvalue weighted by molar-refractivity contribution is 5.89. The number of carbonyl (C=O) groups is 3. The number of esters is 1. The number of ketones is 1. The lowest BCUT2D eigenvalue weighted by Gasteiger charge is -2.14. The van der Waals surface area contributed by atoms with E-state index in [9.17, 15) is 14.4 Å². The van der Waals surface area contributed by atoms with Gasteiger partial charge in [-0.1, -0.05) is 49.8 Å². The standard InChI is InChI=1S/C19H25NO5/c1-3-4-11-16(21)12-8-13-17(18(22)24-2)20-19(23)25-14-15-9-6-5-7-10-15/h5-10,12,17H,3-4,11,13-14H2,1-2H3,(H,20,23)/b12-8+. The van der Waals surface area contributed by atoms with Crippen molar-refractivity contribution in [1.82, 2.24) is 5.32 Å². The lowest BCUT2D eigenvalue weighted by molar-refractivity contribution is -0.142. The Balaban J connectivity index is 2.49. The van der Waals surface area contributed by atoms with Gasteiger partial charge in [0.25, 0.3) is 0 Å². The van der Waals surface area contributed by atoms with Gasteiger partial charge < -0.3 is 14.8 Å². The van der Waals surface area contributed by atoms with Crippen LogP contribution in [0.1, 0.15) is 38.2 Å². The molecule has 0 aliphatic carbocycles. The predicted molar refractivity (Wildman–Crippen MR) is 93.9 cm³/mol. The molecule has 6 nitrogen and oxygen atoms in total. The molecule has 0 saturated heterocycles. The van der Waals surface area contributed by atoms with Crippen LogP contribution in [0.3, 0.4) is 0 Å². The van der Waals surface area contributed by atoms with Crippen molar-refractivity contribution in [3.05, 3.63) is 48.0 Å². The van der Waals surface area contributed by atoms with E-state index in [1.165, 1.54) is 13.2 Å². The maximum atomic E-state index is 11.9. The van der Waals surface area contributed by atoms with Crippen molar-refractivity contribution in [1.29, 1.82) is 0 Å². The van der Waals surface area contributed by atoms with Gasteiger partial charge in [0.1, 0.15) is 12.6 Å². The van der Waals surface area contributed by atoms with Crippen molar-refractivity contribution in [3.63, 3.8) is 0 Å². The van der Waals surface area contributed by atoms with Crippen LogP contribution >= 0.6 is 0 Å². The van der Waals surface area contributed by atoms with Gasteiger partial charge in [-0.05, 0) is 24.5 Å². The maximum absolute atomic E-state index is 11.9. The number of benzene rings is 1. The molecular weight excluding hydrogens is 322 g/mol. The number of unbranched alkanes of at least 4 members (excludes halogenated alkanes) is 1. The van der Waals surface area contributed by atoms with Crippen LogP contribution in [0.25, 0.3) is 0 Å². The average Bonchev–Trinajstić information content (AvgIpc) is 2.64. The molecule has 1 N–H and O–H groups in total. The molecule has 0 aliphatic heterocycles.